The van der Waals surface area contributed by atoms with E-state index in [0.717, 1.165) is 32.1 Å². The third-order valence-corrected chi connectivity index (χ3v) is 14.0. The van der Waals surface area contributed by atoms with Crippen molar-refractivity contribution in [1.82, 2.24) is 4.90 Å². The minimum atomic E-state index is -1.93. The molecule has 5 N–H and O–H groups in total. The van der Waals surface area contributed by atoms with Crippen LogP contribution in [0.1, 0.15) is 128 Å². The highest BCUT2D eigenvalue weighted by Gasteiger charge is 2.53. The number of ether oxygens (including phenoxy) is 6. The lowest BCUT2D eigenvalue weighted by atomic mass is 9.74. The van der Waals surface area contributed by atoms with Gasteiger partial charge in [0.1, 0.15) is 29.5 Å². The summed E-state index contributed by atoms with van der Waals surface area (Å²) >= 11 is 0. The number of aliphatic hydroxyl groups is 5. The van der Waals surface area contributed by atoms with Crippen molar-refractivity contribution < 1.29 is 63.6 Å². The molecule has 3 aliphatic heterocycles. The van der Waals surface area contributed by atoms with Crippen LogP contribution < -0.4 is 0 Å². The minimum Gasteiger partial charge on any atom is -0.459 e. The summed E-state index contributed by atoms with van der Waals surface area (Å²) in [5.41, 5.74) is -4.81. The standard InChI is InChI=1S/C43H78N2O13/c1-23-21-41(9,50)37(57-39-33(46)30(45(12)13)20-24(2)53-39)26(4)34(56-31-22-42(10,52-14)36(48)28(6)54-31)27(5)38(49)55-29(7)43(11,51)35(47)25(3)32(23)44-58-40(8)18-16-15-17-19-40/h23-31,33-37,39,46-48,50-51H,15-22H2,1-14H3/b44-32+/t23-,24-,25?,26+,27-,28+,29-,30?,31?,33?,34?,35?,36?,37?,39?,41?,42?,43?/m1/s1. The zero-order valence-electron chi connectivity index (χ0n) is 37.7. The fraction of sp³-hybridized carbons (Fsp3) is 0.953. The Morgan fingerprint density at radius 2 is 1.45 bits per heavy atom. The van der Waals surface area contributed by atoms with E-state index in [0.29, 0.717) is 12.1 Å². The molecule has 0 bridgehead atoms. The van der Waals surface area contributed by atoms with Gasteiger partial charge in [0.25, 0.3) is 0 Å². The molecule has 3 heterocycles. The molecule has 338 valence electrons. The number of likely N-dealkylation sites (N-methyl/N-ethyl adjacent to an activating group) is 1. The molecular formula is C43H78N2O13. The van der Waals surface area contributed by atoms with Gasteiger partial charge in [-0.2, -0.15) is 0 Å². The Morgan fingerprint density at radius 1 is 0.828 bits per heavy atom. The number of nitrogens with zero attached hydrogens (tertiary/aromatic N) is 2. The van der Waals surface area contributed by atoms with Gasteiger partial charge < -0.3 is 63.7 Å². The predicted molar refractivity (Wildman–Crippen MR) is 217 cm³/mol. The molecule has 0 aromatic rings. The van der Waals surface area contributed by atoms with Gasteiger partial charge in [0.05, 0.1) is 53.4 Å². The number of oxime groups is 1. The SMILES string of the molecule is COC1(C)CC(OC2[C@H](C)C(OC3O[C@H](C)CC(N(C)C)C3O)C(C)(O)C[C@@H](C)/C(=N\OC3(C)CCCCC3)C(C)C(O)C(C)(O)[C@@H](C)OC(=O)[C@@H]2C)O[C@@H](C)C1O. The number of hydrogen-bond acceptors (Lipinski definition) is 15. The van der Waals surface area contributed by atoms with Crippen LogP contribution in [-0.2, 0) is 38.1 Å². The molecule has 0 amide bonds. The molecule has 18 atom stereocenters. The van der Waals surface area contributed by atoms with Crippen LogP contribution in [0.4, 0.5) is 0 Å². The topological polar surface area (TPSA) is 198 Å². The Hall–Kier alpha value is -1.50. The Bertz CT molecular complexity index is 1370. The van der Waals surface area contributed by atoms with Gasteiger partial charge >= 0.3 is 5.97 Å². The van der Waals surface area contributed by atoms with Gasteiger partial charge in [-0.1, -0.05) is 32.3 Å². The summed E-state index contributed by atoms with van der Waals surface area (Å²) in [6.07, 6.45) is -4.61. The molecule has 15 nitrogen and oxygen atoms in total. The summed E-state index contributed by atoms with van der Waals surface area (Å²) in [5.74, 6) is -3.93. The van der Waals surface area contributed by atoms with Gasteiger partial charge in [-0.15, -0.1) is 0 Å². The lowest BCUT2D eigenvalue weighted by molar-refractivity contribution is -0.317. The van der Waals surface area contributed by atoms with Crippen molar-refractivity contribution in [2.75, 3.05) is 21.2 Å². The summed E-state index contributed by atoms with van der Waals surface area (Å²) in [6.45, 7) is 19.1. The maximum absolute atomic E-state index is 14.3. The number of carbonyl (C=O) groups is 1. The van der Waals surface area contributed by atoms with E-state index in [1.807, 2.05) is 39.8 Å². The van der Waals surface area contributed by atoms with E-state index >= 15 is 0 Å². The zero-order chi connectivity index (χ0) is 43.7. The van der Waals surface area contributed by atoms with Crippen molar-refractivity contribution >= 4 is 11.7 Å². The molecule has 0 aromatic carbocycles. The molecule has 0 aromatic heterocycles. The Balaban J connectivity index is 1.86. The minimum absolute atomic E-state index is 0.0294. The van der Waals surface area contributed by atoms with Gasteiger partial charge in [0.15, 0.2) is 12.6 Å². The number of cyclic esters (lactones) is 1. The molecule has 4 aliphatic rings. The normalized spacial score (nSPS) is 48.3. The number of esters is 1. The van der Waals surface area contributed by atoms with Gasteiger partial charge in [0, 0.05) is 37.3 Å². The lowest BCUT2D eigenvalue weighted by Crippen LogP contribution is -2.61. The summed E-state index contributed by atoms with van der Waals surface area (Å²) in [5, 5.41) is 64.0. The van der Waals surface area contributed by atoms with Gasteiger partial charge in [-0.3, -0.25) is 4.79 Å². The van der Waals surface area contributed by atoms with Gasteiger partial charge in [-0.25, -0.2) is 0 Å². The summed E-state index contributed by atoms with van der Waals surface area (Å²) < 4.78 is 37.7. The fourth-order valence-electron chi connectivity index (χ4n) is 9.73. The second-order valence-corrected chi connectivity index (χ2v) is 19.4. The highest BCUT2D eigenvalue weighted by Crippen LogP contribution is 2.41. The third-order valence-electron chi connectivity index (χ3n) is 14.0. The van der Waals surface area contributed by atoms with Crippen molar-refractivity contribution in [3.63, 3.8) is 0 Å². The molecule has 58 heavy (non-hydrogen) atoms. The zero-order valence-corrected chi connectivity index (χ0v) is 37.7. The first-order valence-corrected chi connectivity index (χ1v) is 21.6. The number of hydrogen-bond donors (Lipinski definition) is 5. The van der Waals surface area contributed by atoms with E-state index in [2.05, 4.69) is 0 Å². The molecule has 4 rings (SSSR count). The van der Waals surface area contributed by atoms with E-state index < -0.39 is 107 Å². The molecular weight excluding hydrogens is 752 g/mol. The van der Waals surface area contributed by atoms with E-state index in [1.165, 1.54) is 21.0 Å². The van der Waals surface area contributed by atoms with Gasteiger partial charge in [0.2, 0.25) is 0 Å². The van der Waals surface area contributed by atoms with E-state index in [1.54, 1.807) is 41.5 Å². The van der Waals surface area contributed by atoms with Crippen LogP contribution in [0.5, 0.6) is 0 Å². The molecule has 4 fully saturated rings. The highest BCUT2D eigenvalue weighted by molar-refractivity contribution is 5.88. The molecule has 0 spiro atoms. The predicted octanol–water partition coefficient (Wildman–Crippen LogP) is 3.92. The molecule has 12 unspecified atom stereocenters. The van der Waals surface area contributed by atoms with Crippen molar-refractivity contribution in [2.24, 2.45) is 28.8 Å². The summed E-state index contributed by atoms with van der Waals surface area (Å²) in [6, 6.07) is -0.309. The van der Waals surface area contributed by atoms with Crippen LogP contribution in [0.3, 0.4) is 0 Å². The number of carbonyl (C=O) groups excluding carboxylic acids is 1. The molecule has 3 saturated heterocycles. The maximum atomic E-state index is 14.3. The Labute approximate surface area is 347 Å². The van der Waals surface area contributed by atoms with Crippen molar-refractivity contribution in [2.45, 2.75) is 217 Å². The Morgan fingerprint density at radius 3 is 2.03 bits per heavy atom. The lowest BCUT2D eigenvalue weighted by Gasteiger charge is -2.49. The van der Waals surface area contributed by atoms with Gasteiger partial charge in [-0.05, 0) is 108 Å². The van der Waals surface area contributed by atoms with Crippen molar-refractivity contribution in [1.29, 1.82) is 0 Å². The fourth-order valence-corrected chi connectivity index (χ4v) is 9.73. The molecule has 0 radical (unpaired) electrons. The maximum Gasteiger partial charge on any atom is 0.311 e. The monoisotopic (exact) mass is 831 g/mol. The number of rotatable bonds is 8. The summed E-state index contributed by atoms with van der Waals surface area (Å²) in [7, 11) is 5.26. The molecule has 1 saturated carbocycles. The number of aliphatic hydroxyl groups excluding tert-OH is 3. The average Bonchev–Trinajstić information content (AvgIpc) is 3.14. The molecule has 1 aliphatic carbocycles. The first-order valence-electron chi connectivity index (χ1n) is 21.6. The van der Waals surface area contributed by atoms with E-state index in [-0.39, 0.29) is 25.0 Å². The van der Waals surface area contributed by atoms with Crippen LogP contribution in [0.25, 0.3) is 0 Å². The van der Waals surface area contributed by atoms with Crippen LogP contribution >= 0.6 is 0 Å². The quantitative estimate of drug-likeness (QED) is 0.174. The van der Waals surface area contributed by atoms with Crippen LogP contribution in [0.15, 0.2) is 5.16 Å². The largest absolute Gasteiger partial charge is 0.459 e. The first kappa shape index (κ1) is 49.2. The average molecular weight is 831 g/mol. The van der Waals surface area contributed by atoms with Crippen LogP contribution in [0, 0.1) is 23.7 Å². The van der Waals surface area contributed by atoms with Crippen molar-refractivity contribution in [3.05, 3.63) is 0 Å². The van der Waals surface area contributed by atoms with Crippen LogP contribution in [0.2, 0.25) is 0 Å². The number of methoxy groups -OCH3 is 1. The van der Waals surface area contributed by atoms with Crippen molar-refractivity contribution in [3.8, 4) is 0 Å². The second-order valence-electron chi connectivity index (χ2n) is 19.4. The third kappa shape index (κ3) is 10.9. The highest BCUT2D eigenvalue weighted by atomic mass is 16.7. The molecule has 15 heteroatoms. The van der Waals surface area contributed by atoms with E-state index in [9.17, 15) is 30.3 Å². The first-order chi connectivity index (χ1) is 26.8. The summed E-state index contributed by atoms with van der Waals surface area (Å²) in [4.78, 5) is 22.5. The van der Waals surface area contributed by atoms with Crippen LogP contribution in [-0.4, -0.2) is 153 Å². The van der Waals surface area contributed by atoms with E-state index in [4.69, 9.17) is 38.4 Å². The smallest absolute Gasteiger partial charge is 0.311 e. The Kier molecular flexibility index (Phi) is 16.3. The second kappa shape index (κ2) is 19.3.